The maximum absolute atomic E-state index is 12.4. The molecule has 0 fully saturated rings. The molecule has 0 aliphatic carbocycles. The average Bonchev–Trinajstić information content (AvgIpc) is 2.38. The van der Waals surface area contributed by atoms with Crippen molar-refractivity contribution >= 4 is 47.9 Å². The van der Waals surface area contributed by atoms with Crippen LogP contribution in [0.5, 0.6) is 0 Å². The molecule has 0 amide bonds. The Morgan fingerprint density at radius 3 is 2.30 bits per heavy atom. The van der Waals surface area contributed by atoms with Gasteiger partial charge < -0.3 is 5.11 Å². The first kappa shape index (κ1) is 17.6. The van der Waals surface area contributed by atoms with Gasteiger partial charge in [0.05, 0.1) is 4.90 Å². The maximum Gasteiger partial charge on any atom is 0.324 e. The number of benzene rings is 1. The summed E-state index contributed by atoms with van der Waals surface area (Å²) in [7, 11) is -3.95. The van der Waals surface area contributed by atoms with Gasteiger partial charge in [0.1, 0.15) is 5.54 Å². The predicted molar refractivity (Wildman–Crippen MR) is 83.1 cm³/mol. The van der Waals surface area contributed by atoms with Gasteiger partial charge in [-0.25, -0.2) is 8.42 Å². The van der Waals surface area contributed by atoms with E-state index in [2.05, 4.69) is 36.6 Å². The van der Waals surface area contributed by atoms with Gasteiger partial charge in [0.15, 0.2) is 0 Å². The van der Waals surface area contributed by atoms with Crippen LogP contribution in [0.2, 0.25) is 0 Å². The fraction of sp³-hybridized carbons (Fsp3) is 0.417. The Balaban J connectivity index is 3.30. The molecule has 2 N–H and O–H groups in total. The Hall–Kier alpha value is -0.440. The molecule has 0 spiro atoms. The van der Waals surface area contributed by atoms with E-state index in [4.69, 9.17) is 0 Å². The summed E-state index contributed by atoms with van der Waals surface area (Å²) in [5.74, 6) is -1.18. The van der Waals surface area contributed by atoms with Crippen LogP contribution < -0.4 is 4.72 Å². The van der Waals surface area contributed by atoms with Crippen molar-refractivity contribution in [2.75, 3.05) is 0 Å². The van der Waals surface area contributed by atoms with E-state index in [1.54, 1.807) is 26.0 Å². The van der Waals surface area contributed by atoms with Crippen molar-refractivity contribution in [2.24, 2.45) is 0 Å². The fourth-order valence-corrected chi connectivity index (χ4v) is 4.74. The van der Waals surface area contributed by atoms with Gasteiger partial charge in [0.25, 0.3) is 0 Å². The third-order valence-corrected chi connectivity index (χ3v) is 6.15. The number of carbonyl (C=O) groups is 1. The zero-order valence-corrected chi connectivity index (χ0v) is 15.0. The number of sulfonamides is 1. The Labute approximate surface area is 135 Å². The molecule has 0 saturated heterocycles. The molecule has 1 rings (SSSR count). The van der Waals surface area contributed by atoms with Crippen LogP contribution >= 0.6 is 31.9 Å². The Morgan fingerprint density at radius 2 is 1.85 bits per heavy atom. The molecule has 1 aromatic carbocycles. The summed E-state index contributed by atoms with van der Waals surface area (Å²) in [5.41, 5.74) is -1.50. The third-order valence-electron chi connectivity index (χ3n) is 3.13. The Bertz CT molecular complexity index is 612. The molecule has 0 unspecified atom stereocenters. The van der Waals surface area contributed by atoms with Gasteiger partial charge in [0.2, 0.25) is 10.0 Å². The lowest BCUT2D eigenvalue weighted by molar-refractivity contribution is -0.144. The van der Waals surface area contributed by atoms with Gasteiger partial charge in [0, 0.05) is 8.95 Å². The van der Waals surface area contributed by atoms with Crippen molar-refractivity contribution in [2.45, 2.75) is 37.1 Å². The number of hydrogen-bond donors (Lipinski definition) is 2. The molecule has 5 nitrogen and oxygen atoms in total. The summed E-state index contributed by atoms with van der Waals surface area (Å²) in [4.78, 5) is 11.4. The van der Waals surface area contributed by atoms with Crippen LogP contribution in [-0.4, -0.2) is 25.0 Å². The summed E-state index contributed by atoms with van der Waals surface area (Å²) in [6, 6.07) is 4.69. The van der Waals surface area contributed by atoms with E-state index >= 15 is 0 Å². The van der Waals surface area contributed by atoms with Gasteiger partial charge in [-0.2, -0.15) is 4.72 Å². The Kier molecular flexibility index (Phi) is 5.77. The SMILES string of the molecule is CCC(CC)(NS(=O)(=O)c1cc(Br)ccc1Br)C(=O)O. The van der Waals surface area contributed by atoms with Crippen molar-refractivity contribution < 1.29 is 18.3 Å². The van der Waals surface area contributed by atoms with Crippen LogP contribution in [0.25, 0.3) is 0 Å². The molecule has 0 aliphatic heterocycles. The fourth-order valence-electron chi connectivity index (χ4n) is 1.74. The zero-order chi connectivity index (χ0) is 15.6. The highest BCUT2D eigenvalue weighted by atomic mass is 79.9. The molecular weight excluding hydrogens is 414 g/mol. The highest BCUT2D eigenvalue weighted by Gasteiger charge is 2.39. The van der Waals surface area contributed by atoms with Gasteiger partial charge in [-0.1, -0.05) is 29.8 Å². The molecule has 0 atom stereocenters. The molecule has 0 aliphatic rings. The molecule has 112 valence electrons. The number of hydrogen-bond acceptors (Lipinski definition) is 3. The van der Waals surface area contributed by atoms with E-state index in [0.717, 1.165) is 0 Å². The summed E-state index contributed by atoms with van der Waals surface area (Å²) >= 11 is 6.37. The van der Waals surface area contributed by atoms with Gasteiger partial charge in [-0.15, -0.1) is 0 Å². The van der Waals surface area contributed by atoms with Crippen molar-refractivity contribution in [1.29, 1.82) is 0 Å². The van der Waals surface area contributed by atoms with Crippen LogP contribution in [0.1, 0.15) is 26.7 Å². The molecule has 1 aromatic rings. The molecular formula is C12H15Br2NO4S. The van der Waals surface area contributed by atoms with Crippen LogP contribution in [0.3, 0.4) is 0 Å². The molecule has 0 bridgehead atoms. The maximum atomic E-state index is 12.4. The minimum Gasteiger partial charge on any atom is -0.480 e. The van der Waals surface area contributed by atoms with Gasteiger partial charge >= 0.3 is 5.97 Å². The van der Waals surface area contributed by atoms with E-state index in [-0.39, 0.29) is 17.7 Å². The monoisotopic (exact) mass is 427 g/mol. The number of aliphatic carboxylic acids is 1. The molecule has 20 heavy (non-hydrogen) atoms. The van der Waals surface area contributed by atoms with E-state index in [1.807, 2.05) is 0 Å². The number of carboxylic acid groups (broad SMARTS) is 1. The summed E-state index contributed by atoms with van der Waals surface area (Å²) < 4.78 is 28.1. The van der Waals surface area contributed by atoms with E-state index in [9.17, 15) is 18.3 Å². The Morgan fingerprint density at radius 1 is 1.30 bits per heavy atom. The number of halogens is 2. The average molecular weight is 429 g/mol. The molecule has 0 heterocycles. The number of carboxylic acids is 1. The summed E-state index contributed by atoms with van der Waals surface area (Å²) in [6.07, 6.45) is 0.313. The van der Waals surface area contributed by atoms with Crippen LogP contribution in [0.15, 0.2) is 32.0 Å². The minimum atomic E-state index is -3.95. The van der Waals surface area contributed by atoms with Crippen molar-refractivity contribution in [3.63, 3.8) is 0 Å². The largest absolute Gasteiger partial charge is 0.480 e. The lowest BCUT2D eigenvalue weighted by Gasteiger charge is -2.27. The smallest absolute Gasteiger partial charge is 0.324 e. The quantitative estimate of drug-likeness (QED) is 0.728. The molecule has 0 saturated carbocycles. The van der Waals surface area contributed by atoms with Crippen molar-refractivity contribution in [1.82, 2.24) is 4.72 Å². The number of rotatable bonds is 6. The second kappa shape index (κ2) is 6.55. The second-order valence-electron chi connectivity index (χ2n) is 4.27. The first-order valence-electron chi connectivity index (χ1n) is 5.91. The van der Waals surface area contributed by atoms with E-state index in [0.29, 0.717) is 8.95 Å². The van der Waals surface area contributed by atoms with E-state index < -0.39 is 21.5 Å². The molecule has 0 radical (unpaired) electrons. The molecule has 0 aromatic heterocycles. The number of nitrogens with one attached hydrogen (secondary N) is 1. The second-order valence-corrected chi connectivity index (χ2v) is 7.70. The lowest BCUT2D eigenvalue weighted by Crippen LogP contribution is -2.53. The molecule has 8 heteroatoms. The van der Waals surface area contributed by atoms with Crippen molar-refractivity contribution in [3.8, 4) is 0 Å². The third kappa shape index (κ3) is 3.60. The van der Waals surface area contributed by atoms with Crippen molar-refractivity contribution in [3.05, 3.63) is 27.1 Å². The van der Waals surface area contributed by atoms with Crippen LogP contribution in [0.4, 0.5) is 0 Å². The normalized spacial score (nSPS) is 12.4. The standard InChI is InChI=1S/C12H15Br2NO4S/c1-3-12(4-2,11(16)17)15-20(18,19)10-7-8(13)5-6-9(10)14/h5-7,15H,3-4H2,1-2H3,(H,16,17). The highest BCUT2D eigenvalue weighted by Crippen LogP contribution is 2.28. The topological polar surface area (TPSA) is 83.5 Å². The lowest BCUT2D eigenvalue weighted by atomic mass is 9.95. The van der Waals surface area contributed by atoms with Crippen LogP contribution in [-0.2, 0) is 14.8 Å². The van der Waals surface area contributed by atoms with Gasteiger partial charge in [-0.05, 0) is 47.0 Å². The predicted octanol–water partition coefficient (Wildman–Crippen LogP) is 3.13. The summed E-state index contributed by atoms with van der Waals surface area (Å²) in [6.45, 7) is 3.27. The van der Waals surface area contributed by atoms with Crippen LogP contribution in [0, 0.1) is 0 Å². The van der Waals surface area contributed by atoms with E-state index in [1.165, 1.54) is 6.07 Å². The summed E-state index contributed by atoms with van der Waals surface area (Å²) in [5, 5.41) is 9.31. The highest BCUT2D eigenvalue weighted by molar-refractivity contribution is 9.11. The first-order valence-corrected chi connectivity index (χ1v) is 8.98. The minimum absolute atomic E-state index is 0.000556. The first-order chi connectivity index (χ1) is 9.18. The zero-order valence-electron chi connectivity index (χ0n) is 11.0. The van der Waals surface area contributed by atoms with Gasteiger partial charge in [-0.3, -0.25) is 4.79 Å².